The second-order valence-corrected chi connectivity index (χ2v) is 8.63. The predicted octanol–water partition coefficient (Wildman–Crippen LogP) is 3.52. The van der Waals surface area contributed by atoms with Crippen LogP contribution < -0.4 is 5.32 Å². The third-order valence-corrected chi connectivity index (χ3v) is 7.24. The van der Waals surface area contributed by atoms with Crippen LogP contribution in [0.15, 0.2) is 0 Å². The third-order valence-electron chi connectivity index (χ3n) is 5.88. The molecule has 2 aliphatic heterocycles. The van der Waals surface area contributed by atoms with Crippen molar-refractivity contribution < 1.29 is 0 Å². The van der Waals surface area contributed by atoms with E-state index in [1.54, 1.807) is 0 Å². The van der Waals surface area contributed by atoms with E-state index in [1.165, 1.54) is 96.3 Å². The summed E-state index contributed by atoms with van der Waals surface area (Å²) in [5.74, 6) is 1.36. The first-order valence-electron chi connectivity index (χ1n) is 8.91. The Kier molecular flexibility index (Phi) is 5.70. The number of nitrogens with zero attached hydrogens (tertiary/aromatic N) is 1. The number of piperidine rings is 2. The zero-order chi connectivity index (χ0) is 13.7. The van der Waals surface area contributed by atoms with Crippen LogP contribution in [-0.4, -0.2) is 48.6 Å². The number of nitrogens with one attached hydrogen (secondary N) is 1. The van der Waals surface area contributed by atoms with Gasteiger partial charge in [-0.2, -0.15) is 11.8 Å². The number of hydrogen-bond donors (Lipinski definition) is 1. The van der Waals surface area contributed by atoms with E-state index in [0.29, 0.717) is 0 Å². The highest BCUT2D eigenvalue weighted by Gasteiger charge is 2.35. The average Bonchev–Trinajstić information content (AvgIpc) is 2.52. The molecule has 3 aliphatic rings. The molecule has 2 nitrogen and oxygen atoms in total. The molecule has 0 aromatic carbocycles. The lowest BCUT2D eigenvalue weighted by molar-refractivity contribution is 0.0711. The van der Waals surface area contributed by atoms with Crippen molar-refractivity contribution in [3.05, 3.63) is 0 Å². The standard InChI is InChI=1S/C17H32N2S/c1-2-6-17(7-3-1)8-12-19(13-9-17)14-15-20-16-4-10-18-11-5-16/h16,18H,1-15H2. The van der Waals surface area contributed by atoms with Crippen LogP contribution >= 0.6 is 11.8 Å². The molecule has 0 aromatic rings. The van der Waals surface area contributed by atoms with Crippen LogP contribution in [0.5, 0.6) is 0 Å². The Balaban J connectivity index is 1.32. The Bertz CT molecular complexity index is 273. The molecule has 1 N–H and O–H groups in total. The summed E-state index contributed by atoms with van der Waals surface area (Å²) in [6.45, 7) is 6.58. The average molecular weight is 297 g/mol. The highest BCUT2D eigenvalue weighted by Crippen LogP contribution is 2.44. The zero-order valence-corrected chi connectivity index (χ0v) is 13.9. The van der Waals surface area contributed by atoms with Gasteiger partial charge in [0.1, 0.15) is 0 Å². The van der Waals surface area contributed by atoms with Crippen LogP contribution in [0.3, 0.4) is 0 Å². The monoisotopic (exact) mass is 296 g/mol. The van der Waals surface area contributed by atoms with Gasteiger partial charge in [-0.15, -0.1) is 0 Å². The van der Waals surface area contributed by atoms with Crippen molar-refractivity contribution in [2.75, 3.05) is 38.5 Å². The maximum absolute atomic E-state index is 3.46. The van der Waals surface area contributed by atoms with Gasteiger partial charge in [-0.1, -0.05) is 19.3 Å². The Morgan fingerprint density at radius 1 is 0.950 bits per heavy atom. The molecule has 1 spiro atoms. The summed E-state index contributed by atoms with van der Waals surface area (Å²) in [6.07, 6.45) is 13.3. The van der Waals surface area contributed by atoms with E-state index < -0.39 is 0 Å². The molecule has 0 amide bonds. The van der Waals surface area contributed by atoms with Crippen molar-refractivity contribution in [3.8, 4) is 0 Å². The Morgan fingerprint density at radius 2 is 1.65 bits per heavy atom. The first-order chi connectivity index (χ1) is 9.86. The fraction of sp³-hybridized carbons (Fsp3) is 1.00. The topological polar surface area (TPSA) is 15.3 Å². The van der Waals surface area contributed by atoms with Gasteiger partial charge in [0.25, 0.3) is 0 Å². The normalized spacial score (nSPS) is 28.8. The summed E-state index contributed by atoms with van der Waals surface area (Å²) >= 11 is 2.24. The molecule has 1 saturated carbocycles. The minimum atomic E-state index is 0.775. The first-order valence-corrected chi connectivity index (χ1v) is 9.96. The van der Waals surface area contributed by atoms with Gasteiger partial charge in [0.05, 0.1) is 0 Å². The van der Waals surface area contributed by atoms with Crippen molar-refractivity contribution >= 4 is 11.8 Å². The van der Waals surface area contributed by atoms with Crippen LogP contribution in [0.2, 0.25) is 0 Å². The lowest BCUT2D eigenvalue weighted by Crippen LogP contribution is -2.42. The Hall–Kier alpha value is 0.270. The van der Waals surface area contributed by atoms with E-state index in [1.807, 2.05) is 0 Å². The smallest absolute Gasteiger partial charge is 0.00725 e. The molecule has 1 aliphatic carbocycles. The van der Waals surface area contributed by atoms with Crippen molar-refractivity contribution in [2.45, 2.75) is 63.0 Å². The molecule has 0 unspecified atom stereocenters. The second-order valence-electron chi connectivity index (χ2n) is 7.22. The Labute approximate surface area is 129 Å². The quantitative estimate of drug-likeness (QED) is 0.854. The van der Waals surface area contributed by atoms with Gasteiger partial charge < -0.3 is 10.2 Å². The third kappa shape index (κ3) is 4.14. The maximum Gasteiger partial charge on any atom is 0.00725 e. The highest BCUT2D eigenvalue weighted by molar-refractivity contribution is 7.99. The summed E-state index contributed by atoms with van der Waals surface area (Å²) in [7, 11) is 0. The lowest BCUT2D eigenvalue weighted by atomic mass is 9.68. The number of rotatable bonds is 4. The number of thioether (sulfide) groups is 1. The van der Waals surface area contributed by atoms with Gasteiger partial charge >= 0.3 is 0 Å². The van der Waals surface area contributed by atoms with Crippen LogP contribution in [0.1, 0.15) is 57.8 Å². The Morgan fingerprint density at radius 3 is 2.35 bits per heavy atom. The summed E-state index contributed by atoms with van der Waals surface area (Å²) in [4.78, 5) is 2.74. The summed E-state index contributed by atoms with van der Waals surface area (Å²) in [5, 5.41) is 4.40. The molecule has 20 heavy (non-hydrogen) atoms. The molecule has 3 rings (SSSR count). The molecule has 3 fully saturated rings. The molecule has 0 atom stereocenters. The fourth-order valence-corrected chi connectivity index (χ4v) is 5.63. The summed E-state index contributed by atoms with van der Waals surface area (Å²) in [6, 6.07) is 0. The van der Waals surface area contributed by atoms with Gasteiger partial charge in [0.15, 0.2) is 0 Å². The van der Waals surface area contributed by atoms with E-state index in [-0.39, 0.29) is 0 Å². The lowest BCUT2D eigenvalue weighted by Gasteiger charge is -2.44. The first kappa shape index (κ1) is 15.2. The summed E-state index contributed by atoms with van der Waals surface area (Å²) in [5.41, 5.74) is 0.775. The van der Waals surface area contributed by atoms with Gasteiger partial charge in [0, 0.05) is 17.5 Å². The molecule has 2 heterocycles. The van der Waals surface area contributed by atoms with Gasteiger partial charge in [-0.25, -0.2) is 0 Å². The van der Waals surface area contributed by atoms with E-state index >= 15 is 0 Å². The van der Waals surface area contributed by atoms with Crippen molar-refractivity contribution in [1.82, 2.24) is 10.2 Å². The van der Waals surface area contributed by atoms with E-state index in [0.717, 1.165) is 10.7 Å². The van der Waals surface area contributed by atoms with E-state index in [2.05, 4.69) is 22.0 Å². The van der Waals surface area contributed by atoms with Crippen LogP contribution in [-0.2, 0) is 0 Å². The molecule has 0 aromatic heterocycles. The number of likely N-dealkylation sites (tertiary alicyclic amines) is 1. The van der Waals surface area contributed by atoms with Crippen LogP contribution in [0.25, 0.3) is 0 Å². The number of hydrogen-bond acceptors (Lipinski definition) is 3. The largest absolute Gasteiger partial charge is 0.317 e. The highest BCUT2D eigenvalue weighted by atomic mass is 32.2. The minimum Gasteiger partial charge on any atom is -0.317 e. The fourth-order valence-electron chi connectivity index (χ4n) is 4.36. The van der Waals surface area contributed by atoms with Gasteiger partial charge in [-0.3, -0.25) is 0 Å². The SMILES string of the molecule is C1CCC2(CC1)CCN(CCSC1CCNCC1)CC2. The van der Waals surface area contributed by atoms with E-state index in [9.17, 15) is 0 Å². The van der Waals surface area contributed by atoms with Crippen LogP contribution in [0, 0.1) is 5.41 Å². The second kappa shape index (κ2) is 7.51. The molecular weight excluding hydrogens is 264 g/mol. The van der Waals surface area contributed by atoms with Gasteiger partial charge in [-0.05, 0) is 70.1 Å². The zero-order valence-electron chi connectivity index (χ0n) is 13.0. The minimum absolute atomic E-state index is 0.775. The molecule has 116 valence electrons. The van der Waals surface area contributed by atoms with Crippen LogP contribution in [0.4, 0.5) is 0 Å². The maximum atomic E-state index is 3.46. The molecule has 3 heteroatoms. The van der Waals surface area contributed by atoms with Crippen molar-refractivity contribution in [3.63, 3.8) is 0 Å². The molecular formula is C17H32N2S. The molecule has 0 radical (unpaired) electrons. The van der Waals surface area contributed by atoms with Gasteiger partial charge in [0.2, 0.25) is 0 Å². The molecule has 0 bridgehead atoms. The predicted molar refractivity (Wildman–Crippen MR) is 89.5 cm³/mol. The molecule has 2 saturated heterocycles. The summed E-state index contributed by atoms with van der Waals surface area (Å²) < 4.78 is 0. The van der Waals surface area contributed by atoms with E-state index in [4.69, 9.17) is 0 Å². The van der Waals surface area contributed by atoms with Crippen molar-refractivity contribution in [1.29, 1.82) is 0 Å². The van der Waals surface area contributed by atoms with Crippen molar-refractivity contribution in [2.24, 2.45) is 5.41 Å².